The van der Waals surface area contributed by atoms with Gasteiger partial charge in [0.25, 0.3) is 0 Å². The zero-order chi connectivity index (χ0) is 14.4. The minimum Gasteiger partial charge on any atom is -0.370 e. The van der Waals surface area contributed by atoms with Gasteiger partial charge >= 0.3 is 0 Å². The van der Waals surface area contributed by atoms with Crippen molar-refractivity contribution in [3.05, 3.63) is 6.07 Å². The van der Waals surface area contributed by atoms with E-state index in [0.717, 1.165) is 36.3 Å². The Morgan fingerprint density at radius 2 is 2.05 bits per heavy atom. The lowest BCUT2D eigenvalue weighted by molar-refractivity contribution is 0.609. The molecule has 1 fully saturated rings. The van der Waals surface area contributed by atoms with Crippen molar-refractivity contribution in [1.82, 2.24) is 9.97 Å². The molecule has 0 atom stereocenters. The Bertz CT molecular complexity index is 418. The Kier molecular flexibility index (Phi) is 5.95. The van der Waals surface area contributed by atoms with Crippen molar-refractivity contribution in [2.45, 2.75) is 57.1 Å². The summed E-state index contributed by atoms with van der Waals surface area (Å²) >= 11 is 1.61. The molecule has 1 heterocycles. The summed E-state index contributed by atoms with van der Waals surface area (Å²) in [7, 11) is 0. The van der Waals surface area contributed by atoms with Gasteiger partial charge in [0.2, 0.25) is 0 Å². The Labute approximate surface area is 126 Å². The molecule has 0 unspecified atom stereocenters. The molecule has 1 aromatic rings. The number of hydrogen-bond acceptors (Lipinski definition) is 5. The maximum Gasteiger partial charge on any atom is 0.191 e. The van der Waals surface area contributed by atoms with Crippen molar-refractivity contribution in [3.63, 3.8) is 0 Å². The van der Waals surface area contributed by atoms with Gasteiger partial charge < -0.3 is 10.2 Å². The largest absolute Gasteiger partial charge is 0.370 e. The molecule has 1 aliphatic carbocycles. The van der Waals surface area contributed by atoms with Crippen molar-refractivity contribution < 1.29 is 0 Å². The maximum absolute atomic E-state index is 4.71. The zero-order valence-corrected chi connectivity index (χ0v) is 13.7. The Morgan fingerprint density at radius 1 is 1.30 bits per heavy atom. The van der Waals surface area contributed by atoms with E-state index < -0.39 is 0 Å². The van der Waals surface area contributed by atoms with Crippen LogP contribution in [-0.4, -0.2) is 35.4 Å². The fourth-order valence-corrected chi connectivity index (χ4v) is 3.19. The molecule has 0 aromatic carbocycles. The normalized spacial score (nSPS) is 15.6. The van der Waals surface area contributed by atoms with E-state index in [9.17, 15) is 0 Å². The molecule has 0 bridgehead atoms. The first-order chi connectivity index (χ1) is 9.78. The summed E-state index contributed by atoms with van der Waals surface area (Å²) in [6.45, 7) is 6.36. The van der Waals surface area contributed by atoms with Crippen molar-refractivity contribution in [1.29, 1.82) is 0 Å². The number of aromatic nitrogens is 2. The van der Waals surface area contributed by atoms with Gasteiger partial charge in [-0.05, 0) is 32.4 Å². The highest BCUT2D eigenvalue weighted by molar-refractivity contribution is 7.98. The van der Waals surface area contributed by atoms with E-state index in [1.807, 2.05) is 6.26 Å². The van der Waals surface area contributed by atoms with Gasteiger partial charge in [-0.3, -0.25) is 0 Å². The minimum absolute atomic E-state index is 0.656. The average molecular weight is 294 g/mol. The maximum atomic E-state index is 4.71. The third-order valence-electron chi connectivity index (χ3n) is 3.83. The van der Waals surface area contributed by atoms with E-state index in [1.165, 1.54) is 25.7 Å². The number of anilines is 2. The minimum atomic E-state index is 0.656. The highest BCUT2D eigenvalue weighted by Crippen LogP contribution is 2.29. The standard InChI is InChI=1S/C15H26N4S/c1-4-10-16-13-11-14(18-15(17-13)20-3)19(5-2)12-8-6-7-9-12/h11-12H,4-10H2,1-3H3,(H,16,17,18). The lowest BCUT2D eigenvalue weighted by atomic mass is 10.2. The lowest BCUT2D eigenvalue weighted by Gasteiger charge is -2.29. The topological polar surface area (TPSA) is 41.0 Å². The highest BCUT2D eigenvalue weighted by atomic mass is 32.2. The van der Waals surface area contributed by atoms with Crippen LogP contribution in [0.2, 0.25) is 0 Å². The van der Waals surface area contributed by atoms with Crippen molar-refractivity contribution >= 4 is 23.4 Å². The monoisotopic (exact) mass is 294 g/mol. The van der Waals surface area contributed by atoms with Crippen LogP contribution in [0.4, 0.5) is 11.6 Å². The van der Waals surface area contributed by atoms with Crippen LogP contribution in [-0.2, 0) is 0 Å². The smallest absolute Gasteiger partial charge is 0.191 e. The van der Waals surface area contributed by atoms with Gasteiger partial charge in [-0.25, -0.2) is 9.97 Å². The lowest BCUT2D eigenvalue weighted by Crippen LogP contribution is -2.33. The van der Waals surface area contributed by atoms with Crippen molar-refractivity contribution in [2.24, 2.45) is 0 Å². The van der Waals surface area contributed by atoms with Crippen LogP contribution in [0.25, 0.3) is 0 Å². The Hall–Kier alpha value is -0.970. The van der Waals surface area contributed by atoms with Crippen LogP contribution in [0.15, 0.2) is 11.2 Å². The molecule has 0 saturated heterocycles. The second kappa shape index (κ2) is 7.72. The molecule has 0 aliphatic heterocycles. The van der Waals surface area contributed by atoms with E-state index in [1.54, 1.807) is 11.8 Å². The summed E-state index contributed by atoms with van der Waals surface area (Å²) in [6, 6.07) is 2.76. The second-order valence-corrected chi connectivity index (χ2v) is 6.02. The quantitative estimate of drug-likeness (QED) is 0.612. The SMILES string of the molecule is CCCNc1cc(N(CC)C2CCCC2)nc(SC)n1. The predicted octanol–water partition coefficient (Wildman–Crippen LogP) is 3.79. The summed E-state index contributed by atoms with van der Waals surface area (Å²) < 4.78 is 0. The first kappa shape index (κ1) is 15.4. The first-order valence-electron chi connectivity index (χ1n) is 7.72. The van der Waals surface area contributed by atoms with Crippen LogP contribution in [0.3, 0.4) is 0 Å². The molecule has 0 amide bonds. The van der Waals surface area contributed by atoms with E-state index in [4.69, 9.17) is 4.98 Å². The van der Waals surface area contributed by atoms with Gasteiger partial charge in [0.15, 0.2) is 5.16 Å². The van der Waals surface area contributed by atoms with Gasteiger partial charge in [0, 0.05) is 25.2 Å². The summed E-state index contributed by atoms with van der Waals surface area (Å²) in [5.41, 5.74) is 0. The van der Waals surface area contributed by atoms with Crippen LogP contribution in [0, 0.1) is 0 Å². The molecular weight excluding hydrogens is 268 g/mol. The summed E-state index contributed by atoms with van der Waals surface area (Å²) in [4.78, 5) is 11.7. The van der Waals surface area contributed by atoms with Crippen LogP contribution in [0.1, 0.15) is 46.0 Å². The van der Waals surface area contributed by atoms with E-state index in [-0.39, 0.29) is 0 Å². The summed E-state index contributed by atoms with van der Waals surface area (Å²) in [5.74, 6) is 2.04. The Balaban J connectivity index is 2.22. The molecule has 4 nitrogen and oxygen atoms in total. The highest BCUT2D eigenvalue weighted by Gasteiger charge is 2.23. The second-order valence-electron chi connectivity index (χ2n) is 5.25. The molecule has 0 spiro atoms. The zero-order valence-electron chi connectivity index (χ0n) is 12.9. The van der Waals surface area contributed by atoms with Gasteiger partial charge in [0.05, 0.1) is 0 Å². The van der Waals surface area contributed by atoms with Crippen LogP contribution < -0.4 is 10.2 Å². The fraction of sp³-hybridized carbons (Fsp3) is 0.733. The van der Waals surface area contributed by atoms with Gasteiger partial charge in [-0.2, -0.15) is 0 Å². The molecule has 1 saturated carbocycles. The molecular formula is C15H26N4S. The molecule has 20 heavy (non-hydrogen) atoms. The molecule has 1 N–H and O–H groups in total. The fourth-order valence-electron chi connectivity index (χ4n) is 2.82. The molecule has 112 valence electrons. The van der Waals surface area contributed by atoms with Gasteiger partial charge in [0.1, 0.15) is 11.6 Å². The molecule has 2 rings (SSSR count). The molecule has 1 aliphatic rings. The van der Waals surface area contributed by atoms with E-state index in [0.29, 0.717) is 6.04 Å². The molecule has 0 radical (unpaired) electrons. The number of rotatable bonds is 7. The van der Waals surface area contributed by atoms with E-state index >= 15 is 0 Å². The van der Waals surface area contributed by atoms with Crippen molar-refractivity contribution in [2.75, 3.05) is 29.6 Å². The number of nitrogens with one attached hydrogen (secondary N) is 1. The van der Waals surface area contributed by atoms with Crippen LogP contribution in [0.5, 0.6) is 0 Å². The van der Waals surface area contributed by atoms with E-state index in [2.05, 4.69) is 35.1 Å². The number of nitrogens with zero attached hydrogens (tertiary/aromatic N) is 3. The van der Waals surface area contributed by atoms with Crippen LogP contribution >= 0.6 is 11.8 Å². The third kappa shape index (κ3) is 3.78. The predicted molar refractivity (Wildman–Crippen MR) is 87.9 cm³/mol. The third-order valence-corrected chi connectivity index (χ3v) is 4.38. The molecule has 5 heteroatoms. The average Bonchev–Trinajstić information content (AvgIpc) is 2.99. The number of hydrogen-bond donors (Lipinski definition) is 1. The van der Waals surface area contributed by atoms with Gasteiger partial charge in [-0.1, -0.05) is 31.5 Å². The number of thioether (sulfide) groups is 1. The molecule has 1 aromatic heterocycles. The van der Waals surface area contributed by atoms with Crippen molar-refractivity contribution in [3.8, 4) is 0 Å². The summed E-state index contributed by atoms with van der Waals surface area (Å²) in [6.07, 6.45) is 8.43. The Morgan fingerprint density at radius 3 is 2.65 bits per heavy atom. The first-order valence-corrected chi connectivity index (χ1v) is 8.94. The van der Waals surface area contributed by atoms with Gasteiger partial charge in [-0.15, -0.1) is 0 Å². The summed E-state index contributed by atoms with van der Waals surface area (Å²) in [5, 5.41) is 4.25.